The molecule has 0 unspecified atom stereocenters. The summed E-state index contributed by atoms with van der Waals surface area (Å²) in [7, 11) is 3.78. The SMILES string of the molecule is CNC(=O)CN1CCN(C)c2ccccc2C1. The van der Waals surface area contributed by atoms with Crippen LogP contribution in [-0.2, 0) is 11.3 Å². The Bertz CT molecular complexity index is 405. The molecule has 4 heteroatoms. The van der Waals surface area contributed by atoms with Gasteiger partial charge in [0.15, 0.2) is 0 Å². The number of hydrogen-bond acceptors (Lipinski definition) is 3. The van der Waals surface area contributed by atoms with Gasteiger partial charge in [-0.1, -0.05) is 18.2 Å². The first-order valence-corrected chi connectivity index (χ1v) is 5.92. The molecule has 1 heterocycles. The van der Waals surface area contributed by atoms with Crippen LogP contribution in [0.4, 0.5) is 5.69 Å². The number of fused-ring (bicyclic) bond motifs is 1. The second kappa shape index (κ2) is 5.19. The molecule has 17 heavy (non-hydrogen) atoms. The van der Waals surface area contributed by atoms with Crippen LogP contribution in [0.15, 0.2) is 24.3 Å². The predicted octanol–water partition coefficient (Wildman–Crippen LogP) is 0.684. The summed E-state index contributed by atoms with van der Waals surface area (Å²) in [5, 5.41) is 2.67. The van der Waals surface area contributed by atoms with Crippen LogP contribution in [0, 0.1) is 0 Å². The Labute approximate surface area is 102 Å². The molecule has 0 atom stereocenters. The van der Waals surface area contributed by atoms with Gasteiger partial charge in [-0.2, -0.15) is 0 Å². The van der Waals surface area contributed by atoms with Gasteiger partial charge in [-0.3, -0.25) is 9.69 Å². The molecule has 0 spiro atoms. The molecule has 1 aliphatic heterocycles. The zero-order valence-electron chi connectivity index (χ0n) is 10.4. The molecule has 1 aromatic carbocycles. The summed E-state index contributed by atoms with van der Waals surface area (Å²) in [4.78, 5) is 15.9. The standard InChI is InChI=1S/C13H19N3O/c1-14-13(17)10-16-8-7-15(2)12-6-4-3-5-11(12)9-16/h3-6H,7-10H2,1-2H3,(H,14,17). The van der Waals surface area contributed by atoms with E-state index < -0.39 is 0 Å². The normalized spacial score (nSPS) is 16.2. The Morgan fingerprint density at radius 2 is 2.12 bits per heavy atom. The number of likely N-dealkylation sites (N-methyl/N-ethyl adjacent to an activating group) is 2. The second-order valence-electron chi connectivity index (χ2n) is 4.43. The van der Waals surface area contributed by atoms with Crippen molar-refractivity contribution in [3.05, 3.63) is 29.8 Å². The van der Waals surface area contributed by atoms with Gasteiger partial charge >= 0.3 is 0 Å². The Hall–Kier alpha value is -1.55. The lowest BCUT2D eigenvalue weighted by molar-refractivity contribution is -0.121. The van der Waals surface area contributed by atoms with Crippen LogP contribution in [0.5, 0.6) is 0 Å². The third-order valence-corrected chi connectivity index (χ3v) is 3.19. The van der Waals surface area contributed by atoms with E-state index in [-0.39, 0.29) is 5.91 Å². The van der Waals surface area contributed by atoms with Gasteiger partial charge in [-0.15, -0.1) is 0 Å². The van der Waals surface area contributed by atoms with Crippen LogP contribution in [0.25, 0.3) is 0 Å². The van der Waals surface area contributed by atoms with Crippen LogP contribution < -0.4 is 10.2 Å². The van der Waals surface area contributed by atoms with Crippen molar-refractivity contribution in [3.8, 4) is 0 Å². The van der Waals surface area contributed by atoms with Crippen LogP contribution in [0.1, 0.15) is 5.56 Å². The van der Waals surface area contributed by atoms with Crippen molar-refractivity contribution in [1.29, 1.82) is 0 Å². The summed E-state index contributed by atoms with van der Waals surface area (Å²) in [6.07, 6.45) is 0. The molecule has 0 fully saturated rings. The van der Waals surface area contributed by atoms with E-state index in [0.717, 1.165) is 19.6 Å². The predicted molar refractivity (Wildman–Crippen MR) is 69.1 cm³/mol. The fourth-order valence-electron chi connectivity index (χ4n) is 2.17. The van der Waals surface area contributed by atoms with E-state index in [9.17, 15) is 4.79 Å². The van der Waals surface area contributed by atoms with E-state index in [2.05, 4.69) is 46.4 Å². The van der Waals surface area contributed by atoms with Crippen LogP contribution in [0.3, 0.4) is 0 Å². The molecule has 1 amide bonds. The van der Waals surface area contributed by atoms with Gasteiger partial charge in [0, 0.05) is 39.4 Å². The van der Waals surface area contributed by atoms with E-state index in [1.807, 2.05) is 0 Å². The fourth-order valence-corrected chi connectivity index (χ4v) is 2.17. The molecule has 1 N–H and O–H groups in total. The zero-order chi connectivity index (χ0) is 12.3. The van der Waals surface area contributed by atoms with Gasteiger partial charge in [0.25, 0.3) is 0 Å². The zero-order valence-corrected chi connectivity index (χ0v) is 10.4. The molecule has 92 valence electrons. The van der Waals surface area contributed by atoms with E-state index in [4.69, 9.17) is 0 Å². The van der Waals surface area contributed by atoms with Gasteiger partial charge in [0.05, 0.1) is 6.54 Å². The molecule has 1 aliphatic rings. The number of nitrogens with zero attached hydrogens (tertiary/aromatic N) is 2. The van der Waals surface area contributed by atoms with Crippen LogP contribution in [0.2, 0.25) is 0 Å². The lowest BCUT2D eigenvalue weighted by Gasteiger charge is -2.19. The second-order valence-corrected chi connectivity index (χ2v) is 4.43. The highest BCUT2D eigenvalue weighted by Gasteiger charge is 2.18. The maximum atomic E-state index is 11.4. The molecule has 0 aromatic heterocycles. The maximum absolute atomic E-state index is 11.4. The molecule has 2 rings (SSSR count). The first-order valence-electron chi connectivity index (χ1n) is 5.92. The molecule has 0 saturated heterocycles. The smallest absolute Gasteiger partial charge is 0.233 e. The van der Waals surface area contributed by atoms with Crippen molar-refractivity contribution < 1.29 is 4.79 Å². The monoisotopic (exact) mass is 233 g/mol. The molecule has 4 nitrogen and oxygen atoms in total. The molecule has 0 radical (unpaired) electrons. The van der Waals surface area contributed by atoms with Crippen molar-refractivity contribution in [2.45, 2.75) is 6.54 Å². The number of amides is 1. The maximum Gasteiger partial charge on any atom is 0.233 e. The lowest BCUT2D eigenvalue weighted by Crippen LogP contribution is -2.37. The number of benzene rings is 1. The minimum Gasteiger partial charge on any atom is -0.373 e. The first-order chi connectivity index (χ1) is 8.20. The van der Waals surface area contributed by atoms with Gasteiger partial charge in [0.2, 0.25) is 5.91 Å². The van der Waals surface area contributed by atoms with Crippen molar-refractivity contribution in [2.75, 3.05) is 38.6 Å². The molecular weight excluding hydrogens is 214 g/mol. The van der Waals surface area contributed by atoms with Gasteiger partial charge in [0.1, 0.15) is 0 Å². The minimum absolute atomic E-state index is 0.0760. The number of para-hydroxylation sites is 1. The minimum atomic E-state index is 0.0760. The Morgan fingerprint density at radius 3 is 2.88 bits per heavy atom. The fraction of sp³-hybridized carbons (Fsp3) is 0.462. The highest BCUT2D eigenvalue weighted by Crippen LogP contribution is 2.23. The lowest BCUT2D eigenvalue weighted by atomic mass is 10.1. The molecule has 0 aliphatic carbocycles. The Morgan fingerprint density at radius 1 is 1.35 bits per heavy atom. The van der Waals surface area contributed by atoms with Crippen molar-refractivity contribution in [1.82, 2.24) is 10.2 Å². The van der Waals surface area contributed by atoms with E-state index in [1.165, 1.54) is 11.3 Å². The average molecular weight is 233 g/mol. The highest BCUT2D eigenvalue weighted by molar-refractivity contribution is 5.77. The topological polar surface area (TPSA) is 35.6 Å². The number of rotatable bonds is 2. The van der Waals surface area contributed by atoms with E-state index >= 15 is 0 Å². The van der Waals surface area contributed by atoms with E-state index in [0.29, 0.717) is 6.54 Å². The summed E-state index contributed by atoms with van der Waals surface area (Å²) in [6, 6.07) is 8.38. The molecule has 0 saturated carbocycles. The molecular formula is C13H19N3O. The Kier molecular flexibility index (Phi) is 3.64. The molecule has 1 aromatic rings. The number of carbonyl (C=O) groups excluding carboxylic acids is 1. The summed E-state index contributed by atoms with van der Waals surface area (Å²) in [5.41, 5.74) is 2.56. The Balaban J connectivity index is 2.15. The highest BCUT2D eigenvalue weighted by atomic mass is 16.1. The van der Waals surface area contributed by atoms with Crippen molar-refractivity contribution >= 4 is 11.6 Å². The number of anilines is 1. The van der Waals surface area contributed by atoms with Gasteiger partial charge in [-0.05, 0) is 11.6 Å². The summed E-state index contributed by atoms with van der Waals surface area (Å²) >= 11 is 0. The number of hydrogen-bond donors (Lipinski definition) is 1. The quantitative estimate of drug-likeness (QED) is 0.816. The van der Waals surface area contributed by atoms with E-state index in [1.54, 1.807) is 7.05 Å². The summed E-state index contributed by atoms with van der Waals surface area (Å²) < 4.78 is 0. The number of nitrogens with one attached hydrogen (secondary N) is 1. The molecule has 0 bridgehead atoms. The third kappa shape index (κ3) is 2.77. The largest absolute Gasteiger partial charge is 0.373 e. The van der Waals surface area contributed by atoms with Gasteiger partial charge < -0.3 is 10.2 Å². The number of carbonyl (C=O) groups is 1. The summed E-state index contributed by atoms with van der Waals surface area (Å²) in [5.74, 6) is 0.0760. The third-order valence-electron chi connectivity index (χ3n) is 3.19. The summed E-state index contributed by atoms with van der Waals surface area (Å²) in [6.45, 7) is 3.18. The van der Waals surface area contributed by atoms with Crippen molar-refractivity contribution in [3.63, 3.8) is 0 Å². The van der Waals surface area contributed by atoms with Gasteiger partial charge in [-0.25, -0.2) is 0 Å². The average Bonchev–Trinajstić information content (AvgIpc) is 2.50. The van der Waals surface area contributed by atoms with Crippen LogP contribution in [-0.4, -0.2) is 44.5 Å². The van der Waals surface area contributed by atoms with Crippen molar-refractivity contribution in [2.24, 2.45) is 0 Å². The first kappa shape index (κ1) is 11.9. The van der Waals surface area contributed by atoms with Crippen LogP contribution >= 0.6 is 0 Å².